The number of hydrogen-bond donors (Lipinski definition) is 1. The van der Waals surface area contributed by atoms with Gasteiger partial charge in [-0.2, -0.15) is 0 Å². The van der Waals surface area contributed by atoms with Crippen LogP contribution in [0.2, 0.25) is 0 Å². The van der Waals surface area contributed by atoms with Crippen molar-refractivity contribution in [1.29, 1.82) is 0 Å². The molecule has 1 N–H and O–H groups in total. The number of nitrogens with zero attached hydrogens (tertiary/aromatic N) is 2. The third-order valence-corrected chi connectivity index (χ3v) is 5.02. The Morgan fingerprint density at radius 1 is 1.37 bits per heavy atom. The van der Waals surface area contributed by atoms with Crippen LogP contribution in [-0.2, 0) is 0 Å². The first kappa shape index (κ1) is 13.4. The van der Waals surface area contributed by atoms with E-state index in [0.717, 1.165) is 23.1 Å². The minimum absolute atomic E-state index is 0.678. The second-order valence-corrected chi connectivity index (χ2v) is 6.64. The SMILES string of the molecule is CCCN(c1ccncc1Br)C1CC2CCC(C1)N2. The fraction of sp³-hybridized carbons (Fsp3) is 0.667. The molecule has 2 aliphatic rings. The lowest BCUT2D eigenvalue weighted by Gasteiger charge is -2.39. The maximum atomic E-state index is 4.19. The Balaban J connectivity index is 1.83. The molecule has 2 saturated heterocycles. The molecule has 2 bridgehead atoms. The van der Waals surface area contributed by atoms with Gasteiger partial charge in [0, 0.05) is 37.1 Å². The van der Waals surface area contributed by atoms with Gasteiger partial charge >= 0.3 is 0 Å². The normalized spacial score (nSPS) is 29.5. The van der Waals surface area contributed by atoms with E-state index in [1.54, 1.807) is 0 Å². The summed E-state index contributed by atoms with van der Waals surface area (Å²) in [6.45, 7) is 3.39. The standard InChI is InChI=1S/C15H22BrN3/c1-2-7-19(15-5-6-17-10-14(15)16)13-8-11-3-4-12(9-13)18-11/h5-6,10-13,18H,2-4,7-9H2,1H3. The third kappa shape index (κ3) is 2.79. The number of nitrogens with one attached hydrogen (secondary N) is 1. The number of pyridine rings is 1. The van der Waals surface area contributed by atoms with E-state index >= 15 is 0 Å². The molecule has 0 saturated carbocycles. The zero-order valence-electron chi connectivity index (χ0n) is 11.5. The molecule has 104 valence electrons. The van der Waals surface area contributed by atoms with Gasteiger partial charge in [-0.25, -0.2) is 0 Å². The highest BCUT2D eigenvalue weighted by Crippen LogP contribution is 2.34. The van der Waals surface area contributed by atoms with E-state index in [1.807, 2.05) is 12.4 Å². The number of anilines is 1. The Hall–Kier alpha value is -0.610. The zero-order valence-corrected chi connectivity index (χ0v) is 13.1. The molecular formula is C15H22BrN3. The molecule has 3 rings (SSSR count). The third-order valence-electron chi connectivity index (χ3n) is 4.41. The van der Waals surface area contributed by atoms with E-state index in [0.29, 0.717) is 6.04 Å². The highest BCUT2D eigenvalue weighted by molar-refractivity contribution is 9.10. The number of aromatic nitrogens is 1. The van der Waals surface area contributed by atoms with Crippen molar-refractivity contribution in [2.45, 2.75) is 57.2 Å². The van der Waals surface area contributed by atoms with Crippen LogP contribution in [0.3, 0.4) is 0 Å². The quantitative estimate of drug-likeness (QED) is 0.921. The van der Waals surface area contributed by atoms with Crippen LogP contribution in [0.5, 0.6) is 0 Å². The van der Waals surface area contributed by atoms with Crippen molar-refractivity contribution in [3.63, 3.8) is 0 Å². The molecule has 2 unspecified atom stereocenters. The molecule has 0 aromatic carbocycles. The number of piperidine rings is 1. The maximum Gasteiger partial charge on any atom is 0.0592 e. The van der Waals surface area contributed by atoms with Crippen molar-refractivity contribution >= 4 is 21.6 Å². The molecule has 0 amide bonds. The van der Waals surface area contributed by atoms with Crippen molar-refractivity contribution in [1.82, 2.24) is 10.3 Å². The average molecular weight is 324 g/mol. The van der Waals surface area contributed by atoms with Gasteiger partial charge in [0.1, 0.15) is 0 Å². The molecule has 19 heavy (non-hydrogen) atoms. The fourth-order valence-corrected chi connectivity index (χ4v) is 4.10. The van der Waals surface area contributed by atoms with E-state index in [1.165, 1.54) is 37.8 Å². The summed E-state index contributed by atoms with van der Waals surface area (Å²) in [5.41, 5.74) is 1.31. The molecule has 0 spiro atoms. The number of fused-ring (bicyclic) bond motifs is 2. The van der Waals surface area contributed by atoms with Gasteiger partial charge in [-0.15, -0.1) is 0 Å². The van der Waals surface area contributed by atoms with E-state index in [4.69, 9.17) is 0 Å². The van der Waals surface area contributed by atoms with E-state index in [2.05, 4.69) is 44.1 Å². The molecular weight excluding hydrogens is 302 g/mol. The summed E-state index contributed by atoms with van der Waals surface area (Å²) in [6, 6.07) is 4.30. The van der Waals surface area contributed by atoms with Crippen molar-refractivity contribution in [3.05, 3.63) is 22.9 Å². The van der Waals surface area contributed by atoms with Crippen LogP contribution in [0.15, 0.2) is 22.9 Å². The number of hydrogen-bond acceptors (Lipinski definition) is 3. The molecule has 2 atom stereocenters. The lowest BCUT2D eigenvalue weighted by Crippen LogP contribution is -2.48. The zero-order chi connectivity index (χ0) is 13.2. The van der Waals surface area contributed by atoms with Crippen LogP contribution < -0.4 is 10.2 Å². The van der Waals surface area contributed by atoms with Gasteiger partial charge in [-0.05, 0) is 54.1 Å². The number of rotatable bonds is 4. The highest BCUT2D eigenvalue weighted by Gasteiger charge is 2.36. The van der Waals surface area contributed by atoms with Gasteiger partial charge in [0.15, 0.2) is 0 Å². The van der Waals surface area contributed by atoms with Gasteiger partial charge in [-0.3, -0.25) is 4.98 Å². The molecule has 1 aromatic rings. The van der Waals surface area contributed by atoms with E-state index in [-0.39, 0.29) is 0 Å². The van der Waals surface area contributed by atoms with Gasteiger partial charge < -0.3 is 10.2 Å². The minimum atomic E-state index is 0.678. The first-order chi connectivity index (χ1) is 9.28. The molecule has 3 heterocycles. The molecule has 1 aromatic heterocycles. The average Bonchev–Trinajstić information content (AvgIpc) is 2.76. The van der Waals surface area contributed by atoms with Crippen LogP contribution in [0.1, 0.15) is 39.0 Å². The summed E-state index contributed by atoms with van der Waals surface area (Å²) in [7, 11) is 0. The van der Waals surface area contributed by atoms with Crippen LogP contribution in [0.25, 0.3) is 0 Å². The second kappa shape index (κ2) is 5.80. The summed E-state index contributed by atoms with van der Waals surface area (Å²) >= 11 is 3.66. The van der Waals surface area contributed by atoms with Gasteiger partial charge in [0.25, 0.3) is 0 Å². The Morgan fingerprint density at radius 2 is 2.11 bits per heavy atom. The number of halogens is 1. The van der Waals surface area contributed by atoms with E-state index < -0.39 is 0 Å². The molecule has 0 aliphatic carbocycles. The lowest BCUT2D eigenvalue weighted by molar-refractivity contribution is 0.346. The summed E-state index contributed by atoms with van der Waals surface area (Å²) in [6.07, 6.45) is 10.3. The van der Waals surface area contributed by atoms with Crippen LogP contribution in [-0.4, -0.2) is 29.7 Å². The molecule has 0 radical (unpaired) electrons. The summed E-state index contributed by atoms with van der Waals surface area (Å²) in [4.78, 5) is 6.78. The summed E-state index contributed by atoms with van der Waals surface area (Å²) in [5, 5.41) is 3.73. The Bertz CT molecular complexity index is 425. The summed E-state index contributed by atoms with van der Waals surface area (Å²) in [5.74, 6) is 0. The van der Waals surface area contributed by atoms with Crippen LogP contribution in [0.4, 0.5) is 5.69 Å². The van der Waals surface area contributed by atoms with Crippen LogP contribution >= 0.6 is 15.9 Å². The maximum absolute atomic E-state index is 4.19. The Labute approximate surface area is 123 Å². The first-order valence-corrected chi connectivity index (χ1v) is 8.19. The minimum Gasteiger partial charge on any atom is -0.367 e. The smallest absolute Gasteiger partial charge is 0.0592 e. The Morgan fingerprint density at radius 3 is 2.74 bits per heavy atom. The van der Waals surface area contributed by atoms with Crippen molar-refractivity contribution in [3.8, 4) is 0 Å². The lowest BCUT2D eigenvalue weighted by atomic mass is 9.97. The highest BCUT2D eigenvalue weighted by atomic mass is 79.9. The van der Waals surface area contributed by atoms with Crippen molar-refractivity contribution < 1.29 is 0 Å². The Kier molecular flexibility index (Phi) is 4.08. The van der Waals surface area contributed by atoms with Crippen molar-refractivity contribution in [2.75, 3.05) is 11.4 Å². The topological polar surface area (TPSA) is 28.2 Å². The molecule has 2 aliphatic heterocycles. The van der Waals surface area contributed by atoms with Crippen LogP contribution in [0, 0.1) is 0 Å². The molecule has 3 nitrogen and oxygen atoms in total. The second-order valence-electron chi connectivity index (χ2n) is 5.78. The largest absolute Gasteiger partial charge is 0.367 e. The molecule has 4 heteroatoms. The fourth-order valence-electron chi connectivity index (χ4n) is 3.62. The summed E-state index contributed by atoms with van der Waals surface area (Å²) < 4.78 is 1.12. The van der Waals surface area contributed by atoms with Gasteiger partial charge in [0.05, 0.1) is 10.2 Å². The predicted octanol–water partition coefficient (Wildman–Crippen LogP) is 3.34. The molecule has 2 fully saturated rings. The van der Waals surface area contributed by atoms with E-state index in [9.17, 15) is 0 Å². The van der Waals surface area contributed by atoms with Gasteiger partial charge in [0.2, 0.25) is 0 Å². The predicted molar refractivity (Wildman–Crippen MR) is 82.5 cm³/mol. The van der Waals surface area contributed by atoms with Gasteiger partial charge in [-0.1, -0.05) is 6.92 Å². The van der Waals surface area contributed by atoms with Crippen molar-refractivity contribution in [2.24, 2.45) is 0 Å². The monoisotopic (exact) mass is 323 g/mol. The first-order valence-electron chi connectivity index (χ1n) is 7.40.